The van der Waals surface area contributed by atoms with Crippen molar-refractivity contribution < 1.29 is 0 Å². The summed E-state index contributed by atoms with van der Waals surface area (Å²) < 4.78 is 0. The molecule has 26 heavy (non-hydrogen) atoms. The molecule has 0 saturated carbocycles. The summed E-state index contributed by atoms with van der Waals surface area (Å²) in [5, 5.41) is 0. The normalized spacial score (nSPS) is 17.6. The zero-order chi connectivity index (χ0) is 17.8. The molecule has 1 N–H and O–H groups in total. The summed E-state index contributed by atoms with van der Waals surface area (Å²) in [5.74, 6) is 0.869. The van der Waals surface area contributed by atoms with Crippen LogP contribution in [-0.2, 0) is 19.3 Å². The third kappa shape index (κ3) is 3.96. The molecule has 1 aliphatic heterocycles. The van der Waals surface area contributed by atoms with Gasteiger partial charge in [-0.15, -0.1) is 0 Å². The van der Waals surface area contributed by atoms with Crippen LogP contribution < -0.4 is 5.56 Å². The predicted molar refractivity (Wildman–Crippen MR) is 105 cm³/mol. The van der Waals surface area contributed by atoms with Crippen molar-refractivity contribution in [3.8, 4) is 0 Å². The van der Waals surface area contributed by atoms with Gasteiger partial charge in [0.2, 0.25) is 0 Å². The maximum Gasteiger partial charge on any atom is 0.254 e. The molecule has 0 atom stereocenters. The number of nitrogens with one attached hydrogen (secondary N) is 1. The van der Waals surface area contributed by atoms with Crippen LogP contribution in [0.15, 0.2) is 41.2 Å². The van der Waals surface area contributed by atoms with Gasteiger partial charge in [0.05, 0.1) is 5.69 Å². The van der Waals surface area contributed by atoms with Crippen molar-refractivity contribution in [3.05, 3.63) is 69.4 Å². The van der Waals surface area contributed by atoms with E-state index in [9.17, 15) is 4.79 Å². The molecular weight excluding hydrogens is 322 g/mol. The van der Waals surface area contributed by atoms with Crippen molar-refractivity contribution in [1.29, 1.82) is 0 Å². The number of aromatic amines is 1. The molecule has 136 valence electrons. The van der Waals surface area contributed by atoms with Crippen molar-refractivity contribution in [2.75, 3.05) is 19.6 Å². The molecule has 4 nitrogen and oxygen atoms in total. The van der Waals surface area contributed by atoms with E-state index in [4.69, 9.17) is 4.98 Å². The van der Waals surface area contributed by atoms with Gasteiger partial charge >= 0.3 is 0 Å². The third-order valence-electron chi connectivity index (χ3n) is 5.57. The number of benzene rings is 1. The largest absolute Gasteiger partial charge is 0.310 e. The van der Waals surface area contributed by atoms with Gasteiger partial charge < -0.3 is 4.98 Å². The van der Waals surface area contributed by atoms with Crippen LogP contribution in [-0.4, -0.2) is 34.5 Å². The van der Waals surface area contributed by atoms with Crippen LogP contribution in [0.5, 0.6) is 0 Å². The number of hydrogen-bond donors (Lipinski definition) is 1. The van der Waals surface area contributed by atoms with E-state index < -0.39 is 0 Å². The molecule has 0 amide bonds. The SMILES string of the molecule is O=c1[nH]c(CCCN2CC=C(c3ccccc3)CC2)nc2c1CCCC2. The zero-order valence-corrected chi connectivity index (χ0v) is 15.3. The van der Waals surface area contributed by atoms with Crippen LogP contribution in [0.2, 0.25) is 0 Å². The highest BCUT2D eigenvalue weighted by Crippen LogP contribution is 2.22. The first-order valence-corrected chi connectivity index (χ1v) is 9.87. The van der Waals surface area contributed by atoms with E-state index in [2.05, 4.69) is 46.3 Å². The molecule has 4 rings (SSSR count). The van der Waals surface area contributed by atoms with Crippen LogP contribution in [0.3, 0.4) is 0 Å². The van der Waals surface area contributed by atoms with E-state index in [1.807, 2.05) is 0 Å². The van der Waals surface area contributed by atoms with Crippen LogP contribution in [0.4, 0.5) is 0 Å². The van der Waals surface area contributed by atoms with E-state index in [1.54, 1.807) is 0 Å². The molecule has 2 heterocycles. The molecule has 0 spiro atoms. The molecule has 0 radical (unpaired) electrons. The molecule has 1 aromatic heterocycles. The molecule has 0 fully saturated rings. The Morgan fingerprint density at radius 1 is 1.08 bits per heavy atom. The van der Waals surface area contributed by atoms with Crippen LogP contribution >= 0.6 is 0 Å². The van der Waals surface area contributed by atoms with Crippen molar-refractivity contribution in [3.63, 3.8) is 0 Å². The molecular formula is C22H27N3O. The number of nitrogens with zero attached hydrogens (tertiary/aromatic N) is 2. The lowest BCUT2D eigenvalue weighted by molar-refractivity contribution is 0.297. The van der Waals surface area contributed by atoms with Crippen molar-refractivity contribution in [1.82, 2.24) is 14.9 Å². The average Bonchev–Trinajstić information content (AvgIpc) is 2.69. The number of hydrogen-bond acceptors (Lipinski definition) is 3. The minimum absolute atomic E-state index is 0.0955. The molecule has 0 bridgehead atoms. The van der Waals surface area contributed by atoms with Gasteiger partial charge in [-0.1, -0.05) is 36.4 Å². The van der Waals surface area contributed by atoms with E-state index >= 15 is 0 Å². The first-order valence-electron chi connectivity index (χ1n) is 9.87. The summed E-state index contributed by atoms with van der Waals surface area (Å²) in [7, 11) is 0. The Morgan fingerprint density at radius 3 is 2.73 bits per heavy atom. The average molecular weight is 349 g/mol. The molecule has 0 saturated heterocycles. The molecule has 4 heteroatoms. The lowest BCUT2D eigenvalue weighted by atomic mass is 9.97. The zero-order valence-electron chi connectivity index (χ0n) is 15.3. The van der Waals surface area contributed by atoms with Crippen LogP contribution in [0.25, 0.3) is 5.57 Å². The third-order valence-corrected chi connectivity index (χ3v) is 5.57. The number of rotatable bonds is 5. The fourth-order valence-electron chi connectivity index (χ4n) is 4.07. The number of H-pyrrole nitrogens is 1. The van der Waals surface area contributed by atoms with Gasteiger partial charge in [0.1, 0.15) is 5.82 Å². The minimum Gasteiger partial charge on any atom is -0.310 e. The molecule has 2 aliphatic rings. The van der Waals surface area contributed by atoms with Crippen molar-refractivity contribution >= 4 is 5.57 Å². The summed E-state index contributed by atoms with van der Waals surface area (Å²) in [6, 6.07) is 10.7. The Balaban J connectivity index is 1.30. The first kappa shape index (κ1) is 17.2. The quantitative estimate of drug-likeness (QED) is 0.900. The van der Waals surface area contributed by atoms with Gasteiger partial charge in [-0.2, -0.15) is 0 Å². The highest BCUT2D eigenvalue weighted by atomic mass is 16.1. The predicted octanol–water partition coefficient (Wildman–Crippen LogP) is 3.37. The second-order valence-corrected chi connectivity index (χ2v) is 7.39. The van der Waals surface area contributed by atoms with Crippen LogP contribution in [0, 0.1) is 0 Å². The second kappa shape index (κ2) is 8.00. The number of aryl methyl sites for hydroxylation is 2. The summed E-state index contributed by atoms with van der Waals surface area (Å²) >= 11 is 0. The lowest BCUT2D eigenvalue weighted by Crippen LogP contribution is -2.30. The summed E-state index contributed by atoms with van der Waals surface area (Å²) in [5.41, 5.74) is 4.88. The molecule has 0 unspecified atom stereocenters. The molecule has 2 aromatic rings. The highest BCUT2D eigenvalue weighted by Gasteiger charge is 2.16. The Morgan fingerprint density at radius 2 is 1.92 bits per heavy atom. The van der Waals surface area contributed by atoms with Crippen LogP contribution in [0.1, 0.15) is 48.3 Å². The summed E-state index contributed by atoms with van der Waals surface area (Å²) in [4.78, 5) is 22.4. The maximum absolute atomic E-state index is 12.2. The van der Waals surface area contributed by atoms with Gasteiger partial charge in [0, 0.05) is 25.1 Å². The van der Waals surface area contributed by atoms with E-state index in [1.165, 1.54) is 11.1 Å². The van der Waals surface area contributed by atoms with E-state index in [0.717, 1.165) is 81.7 Å². The fourth-order valence-corrected chi connectivity index (χ4v) is 4.07. The Hall–Kier alpha value is -2.20. The van der Waals surface area contributed by atoms with Gasteiger partial charge in [-0.25, -0.2) is 4.98 Å². The van der Waals surface area contributed by atoms with Gasteiger partial charge in [0.15, 0.2) is 0 Å². The molecule has 1 aromatic carbocycles. The Kier molecular flexibility index (Phi) is 5.30. The van der Waals surface area contributed by atoms with E-state index in [0.29, 0.717) is 0 Å². The summed E-state index contributed by atoms with van der Waals surface area (Å²) in [6.07, 6.45) is 9.49. The van der Waals surface area contributed by atoms with Gasteiger partial charge in [0.25, 0.3) is 5.56 Å². The van der Waals surface area contributed by atoms with E-state index in [-0.39, 0.29) is 5.56 Å². The standard InChI is InChI=1S/C22H27N3O/c26-22-19-9-4-5-10-20(19)23-21(24-22)11-6-14-25-15-12-18(13-16-25)17-7-2-1-3-8-17/h1-3,7-8,12H,4-6,9-11,13-16H2,(H,23,24,26). The smallest absolute Gasteiger partial charge is 0.254 e. The van der Waals surface area contributed by atoms with Crippen molar-refractivity contribution in [2.45, 2.75) is 44.9 Å². The van der Waals surface area contributed by atoms with Gasteiger partial charge in [-0.3, -0.25) is 9.69 Å². The highest BCUT2D eigenvalue weighted by molar-refractivity contribution is 5.66. The molecule has 1 aliphatic carbocycles. The first-order chi connectivity index (χ1) is 12.8. The van der Waals surface area contributed by atoms with Crippen molar-refractivity contribution in [2.24, 2.45) is 0 Å². The fraction of sp³-hybridized carbons (Fsp3) is 0.455. The summed E-state index contributed by atoms with van der Waals surface area (Å²) in [6.45, 7) is 3.17. The monoisotopic (exact) mass is 349 g/mol. The number of fused-ring (bicyclic) bond motifs is 1. The minimum atomic E-state index is 0.0955. The second-order valence-electron chi connectivity index (χ2n) is 7.39. The van der Waals surface area contributed by atoms with Gasteiger partial charge in [-0.05, 0) is 56.2 Å². The Labute approximate surface area is 155 Å². The number of aromatic nitrogens is 2. The topological polar surface area (TPSA) is 49.0 Å². The maximum atomic E-state index is 12.2. The Bertz CT molecular complexity index is 838. The lowest BCUT2D eigenvalue weighted by Gasteiger charge is -2.26.